The molecule has 0 bridgehead atoms. The predicted molar refractivity (Wildman–Crippen MR) is 105 cm³/mol. The fourth-order valence-corrected chi connectivity index (χ4v) is 3.64. The Morgan fingerprint density at radius 2 is 1.78 bits per heavy atom. The van der Waals surface area contributed by atoms with Gasteiger partial charge in [-0.15, -0.1) is 11.3 Å². The summed E-state index contributed by atoms with van der Waals surface area (Å²) in [7, 11) is 0. The van der Waals surface area contributed by atoms with E-state index in [1.54, 1.807) is 18.2 Å². The van der Waals surface area contributed by atoms with E-state index >= 15 is 0 Å². The number of ether oxygens (including phenoxy) is 1. The molecule has 0 aliphatic rings. The third kappa shape index (κ3) is 4.80. The lowest BCUT2D eigenvalue weighted by Gasteiger charge is -2.06. The second-order valence-electron chi connectivity index (χ2n) is 6.02. The number of carbonyl (C=O) groups is 3. The number of thiophene rings is 1. The number of benzene rings is 2. The molecule has 0 unspecified atom stereocenters. The maximum absolute atomic E-state index is 12.4. The molecular weight excluding hydrogens is 362 g/mol. The van der Waals surface area contributed by atoms with Gasteiger partial charge in [0.05, 0.1) is 10.4 Å². The van der Waals surface area contributed by atoms with Gasteiger partial charge in [-0.3, -0.25) is 9.59 Å². The summed E-state index contributed by atoms with van der Waals surface area (Å²) in [4.78, 5) is 37.1. The first-order chi connectivity index (χ1) is 13.0. The molecule has 0 fully saturated rings. The van der Waals surface area contributed by atoms with Crippen molar-refractivity contribution >= 4 is 39.8 Å². The molecule has 3 rings (SSSR count). The minimum atomic E-state index is -0.511. The first kappa shape index (κ1) is 18.8. The van der Waals surface area contributed by atoms with Gasteiger partial charge in [0.2, 0.25) is 11.7 Å². The zero-order valence-corrected chi connectivity index (χ0v) is 15.7. The molecular formula is C21H19NO4S. The third-order valence-corrected chi connectivity index (χ3v) is 5.21. The smallest absolute Gasteiger partial charge is 0.339 e. The van der Waals surface area contributed by atoms with E-state index in [1.165, 1.54) is 18.3 Å². The molecule has 1 N–H and O–H groups in total. The average Bonchev–Trinajstić information content (AvgIpc) is 3.14. The topological polar surface area (TPSA) is 72.5 Å². The van der Waals surface area contributed by atoms with Gasteiger partial charge in [-0.25, -0.2) is 4.79 Å². The minimum Gasteiger partial charge on any atom is -0.454 e. The number of hydrogen-bond acceptors (Lipinski definition) is 5. The van der Waals surface area contributed by atoms with Gasteiger partial charge in [0.25, 0.3) is 0 Å². The largest absolute Gasteiger partial charge is 0.454 e. The molecule has 0 saturated carbocycles. The highest BCUT2D eigenvalue weighted by atomic mass is 32.1. The van der Waals surface area contributed by atoms with Crippen molar-refractivity contribution in [2.75, 3.05) is 13.2 Å². The van der Waals surface area contributed by atoms with Gasteiger partial charge in [0.1, 0.15) is 0 Å². The summed E-state index contributed by atoms with van der Waals surface area (Å²) in [6.45, 7) is 1.70. The molecule has 138 valence electrons. The maximum Gasteiger partial charge on any atom is 0.339 e. The van der Waals surface area contributed by atoms with Crippen molar-refractivity contribution in [2.45, 2.75) is 13.3 Å². The summed E-state index contributed by atoms with van der Waals surface area (Å²) in [6, 6.07) is 16.5. The van der Waals surface area contributed by atoms with E-state index in [-0.39, 0.29) is 18.3 Å². The van der Waals surface area contributed by atoms with Crippen molar-refractivity contribution in [1.29, 1.82) is 0 Å². The Bertz CT molecular complexity index is 987. The minimum absolute atomic E-state index is 0.0804. The van der Waals surface area contributed by atoms with Gasteiger partial charge < -0.3 is 10.1 Å². The summed E-state index contributed by atoms with van der Waals surface area (Å²) in [6.07, 6.45) is 0.660. The lowest BCUT2D eigenvalue weighted by Crippen LogP contribution is -2.22. The van der Waals surface area contributed by atoms with E-state index < -0.39 is 5.97 Å². The number of nitrogens with one attached hydrogen (secondary N) is 1. The summed E-state index contributed by atoms with van der Waals surface area (Å²) in [5.74, 6) is -0.829. The van der Waals surface area contributed by atoms with Crippen molar-refractivity contribution < 1.29 is 19.1 Å². The van der Waals surface area contributed by atoms with Crippen LogP contribution >= 0.6 is 11.3 Å². The second-order valence-corrected chi connectivity index (χ2v) is 7.19. The Balaban J connectivity index is 1.59. The average molecular weight is 381 g/mol. The van der Waals surface area contributed by atoms with Gasteiger partial charge in [-0.05, 0) is 35.4 Å². The fourth-order valence-electron chi connectivity index (χ4n) is 2.71. The number of rotatable bonds is 7. The fraction of sp³-hybridized carbons (Fsp3) is 0.190. The predicted octanol–water partition coefficient (Wildman–Crippen LogP) is 3.62. The quantitative estimate of drug-likeness (QED) is 0.501. The molecule has 1 amide bonds. The van der Waals surface area contributed by atoms with Crippen LogP contribution in [-0.2, 0) is 16.0 Å². The summed E-state index contributed by atoms with van der Waals surface area (Å²) in [5.41, 5.74) is 0.447. The lowest BCUT2D eigenvalue weighted by molar-refractivity contribution is -0.118. The van der Waals surface area contributed by atoms with Crippen LogP contribution in [0.2, 0.25) is 0 Å². The number of ketones is 1. The van der Waals surface area contributed by atoms with Crippen LogP contribution in [0, 0.1) is 0 Å². The van der Waals surface area contributed by atoms with Crippen molar-refractivity contribution in [3.8, 4) is 0 Å². The van der Waals surface area contributed by atoms with E-state index in [1.807, 2.05) is 36.4 Å². The monoisotopic (exact) mass is 381 g/mol. The van der Waals surface area contributed by atoms with Crippen molar-refractivity contribution in [3.05, 3.63) is 69.9 Å². The molecule has 0 aliphatic heterocycles. The Labute approximate surface area is 161 Å². The molecule has 3 aromatic rings. The number of fused-ring (bicyclic) bond motifs is 1. The zero-order chi connectivity index (χ0) is 19.2. The molecule has 1 heterocycles. The lowest BCUT2D eigenvalue weighted by atomic mass is 10.1. The summed E-state index contributed by atoms with van der Waals surface area (Å²) in [5, 5.41) is 4.46. The molecule has 0 aliphatic carbocycles. The highest BCUT2D eigenvalue weighted by Gasteiger charge is 2.15. The third-order valence-electron chi connectivity index (χ3n) is 4.03. The SMILES string of the molecule is CC(=O)NCCc1ccc(C(=O)COC(=O)c2cccc3ccccc23)s1. The van der Waals surface area contributed by atoms with Crippen molar-refractivity contribution in [1.82, 2.24) is 5.32 Å². The van der Waals surface area contributed by atoms with Crippen LogP contribution < -0.4 is 5.32 Å². The normalized spacial score (nSPS) is 10.6. The van der Waals surface area contributed by atoms with Gasteiger partial charge in [0, 0.05) is 18.3 Å². The number of amides is 1. The van der Waals surface area contributed by atoms with Crippen LogP contribution in [0.15, 0.2) is 54.6 Å². The van der Waals surface area contributed by atoms with Crippen molar-refractivity contribution in [3.63, 3.8) is 0 Å². The van der Waals surface area contributed by atoms with E-state index in [0.717, 1.165) is 15.6 Å². The van der Waals surface area contributed by atoms with Crippen LogP contribution in [0.3, 0.4) is 0 Å². The Morgan fingerprint density at radius 3 is 2.59 bits per heavy atom. The molecule has 27 heavy (non-hydrogen) atoms. The summed E-state index contributed by atoms with van der Waals surface area (Å²) >= 11 is 1.35. The molecule has 6 heteroatoms. The highest BCUT2D eigenvalue weighted by Crippen LogP contribution is 2.20. The van der Waals surface area contributed by atoms with Crippen LogP contribution in [0.4, 0.5) is 0 Å². The standard InChI is InChI=1S/C21H19NO4S/c1-14(23)22-12-11-16-9-10-20(27-16)19(24)13-26-21(25)18-8-4-6-15-5-2-3-7-17(15)18/h2-10H,11-13H2,1H3,(H,22,23). The number of carbonyl (C=O) groups excluding carboxylic acids is 3. The van der Waals surface area contributed by atoms with Crippen LogP contribution in [0.25, 0.3) is 10.8 Å². The number of Topliss-reactive ketones (excluding diaryl/α,β-unsaturated/α-hetero) is 1. The van der Waals surface area contributed by atoms with E-state index in [0.29, 0.717) is 23.4 Å². The molecule has 0 saturated heterocycles. The Morgan fingerprint density at radius 1 is 1.00 bits per heavy atom. The van der Waals surface area contributed by atoms with E-state index in [4.69, 9.17) is 4.74 Å². The van der Waals surface area contributed by atoms with Gasteiger partial charge in [-0.2, -0.15) is 0 Å². The van der Waals surface area contributed by atoms with Gasteiger partial charge in [-0.1, -0.05) is 36.4 Å². The molecule has 0 atom stereocenters. The number of hydrogen-bond donors (Lipinski definition) is 1. The Kier molecular flexibility index (Phi) is 5.98. The Hall–Kier alpha value is -2.99. The zero-order valence-electron chi connectivity index (χ0n) is 14.9. The molecule has 1 aromatic heterocycles. The first-order valence-corrected chi connectivity index (χ1v) is 9.37. The molecule has 5 nitrogen and oxygen atoms in total. The summed E-state index contributed by atoms with van der Waals surface area (Å²) < 4.78 is 5.24. The van der Waals surface area contributed by atoms with Crippen LogP contribution in [-0.4, -0.2) is 30.8 Å². The number of esters is 1. The van der Waals surface area contributed by atoms with E-state index in [2.05, 4.69) is 5.32 Å². The molecule has 0 spiro atoms. The first-order valence-electron chi connectivity index (χ1n) is 8.56. The van der Waals surface area contributed by atoms with Gasteiger partial charge >= 0.3 is 5.97 Å². The van der Waals surface area contributed by atoms with Crippen LogP contribution in [0.1, 0.15) is 31.8 Å². The molecule has 2 aromatic carbocycles. The van der Waals surface area contributed by atoms with Crippen LogP contribution in [0.5, 0.6) is 0 Å². The second kappa shape index (κ2) is 8.60. The molecule has 0 radical (unpaired) electrons. The van der Waals surface area contributed by atoms with Gasteiger partial charge in [0.15, 0.2) is 6.61 Å². The maximum atomic E-state index is 12.4. The van der Waals surface area contributed by atoms with E-state index in [9.17, 15) is 14.4 Å². The highest BCUT2D eigenvalue weighted by molar-refractivity contribution is 7.14. The van der Waals surface area contributed by atoms with Crippen molar-refractivity contribution in [2.24, 2.45) is 0 Å².